The molecule has 2 aromatic carbocycles. The SMILES string of the molecule is COc1cc(/C=C2\SC(=S)N([C@@H](C)C(=O)O)C2=O)ccc1OCc1ccc(C)cc1. The lowest BCUT2D eigenvalue weighted by Gasteiger charge is -2.18. The average molecular weight is 444 g/mol. The van der Waals surface area contributed by atoms with Crippen LogP contribution < -0.4 is 9.47 Å². The zero-order valence-electron chi connectivity index (χ0n) is 16.7. The van der Waals surface area contributed by atoms with E-state index in [0.29, 0.717) is 23.0 Å². The number of aliphatic carboxylic acids is 1. The quantitative estimate of drug-likeness (QED) is 0.506. The van der Waals surface area contributed by atoms with Gasteiger partial charge in [0.15, 0.2) is 11.5 Å². The Labute approximate surface area is 184 Å². The third kappa shape index (κ3) is 4.83. The summed E-state index contributed by atoms with van der Waals surface area (Å²) in [7, 11) is 1.55. The largest absolute Gasteiger partial charge is 0.493 e. The molecule has 3 rings (SSSR count). The lowest BCUT2D eigenvalue weighted by Crippen LogP contribution is -2.41. The predicted octanol–water partition coefficient (Wildman–Crippen LogP) is 4.26. The van der Waals surface area contributed by atoms with E-state index >= 15 is 0 Å². The summed E-state index contributed by atoms with van der Waals surface area (Å²) in [6.45, 7) is 3.86. The van der Waals surface area contributed by atoms with Crippen LogP contribution in [0.2, 0.25) is 0 Å². The molecule has 1 heterocycles. The first-order valence-electron chi connectivity index (χ1n) is 9.16. The number of hydrogen-bond acceptors (Lipinski definition) is 6. The number of ether oxygens (including phenoxy) is 2. The molecular formula is C22H21NO5S2. The number of amides is 1. The van der Waals surface area contributed by atoms with Crippen molar-refractivity contribution in [2.24, 2.45) is 0 Å². The fraction of sp³-hybridized carbons (Fsp3) is 0.227. The Morgan fingerprint density at radius 2 is 1.93 bits per heavy atom. The van der Waals surface area contributed by atoms with E-state index in [9.17, 15) is 14.7 Å². The summed E-state index contributed by atoms with van der Waals surface area (Å²) in [6, 6.07) is 12.4. The number of carbonyl (C=O) groups is 2. The van der Waals surface area contributed by atoms with E-state index in [1.807, 2.05) is 31.2 Å². The molecule has 0 spiro atoms. The van der Waals surface area contributed by atoms with Crippen molar-refractivity contribution in [1.29, 1.82) is 0 Å². The normalized spacial score (nSPS) is 16.1. The van der Waals surface area contributed by atoms with Gasteiger partial charge in [-0.2, -0.15) is 0 Å². The first-order valence-corrected chi connectivity index (χ1v) is 10.4. The minimum Gasteiger partial charge on any atom is -0.493 e. The maximum atomic E-state index is 12.6. The monoisotopic (exact) mass is 443 g/mol. The molecule has 1 fully saturated rings. The van der Waals surface area contributed by atoms with Gasteiger partial charge in [-0.05, 0) is 43.2 Å². The van der Waals surface area contributed by atoms with Crippen molar-refractivity contribution in [3.63, 3.8) is 0 Å². The van der Waals surface area contributed by atoms with E-state index in [1.165, 1.54) is 12.5 Å². The smallest absolute Gasteiger partial charge is 0.326 e. The number of nitrogens with zero attached hydrogens (tertiary/aromatic N) is 1. The van der Waals surface area contributed by atoms with Gasteiger partial charge in [0.2, 0.25) is 0 Å². The third-order valence-electron chi connectivity index (χ3n) is 4.57. The molecule has 8 heteroatoms. The van der Waals surface area contributed by atoms with E-state index in [0.717, 1.165) is 27.8 Å². The number of carboxylic acids is 1. The molecule has 1 amide bonds. The van der Waals surface area contributed by atoms with Crippen molar-refractivity contribution < 1.29 is 24.2 Å². The number of aryl methyl sites for hydroxylation is 1. The first-order chi connectivity index (χ1) is 14.3. The van der Waals surface area contributed by atoms with Crippen molar-refractivity contribution in [2.45, 2.75) is 26.5 Å². The molecule has 1 N–H and O–H groups in total. The Hall–Kier alpha value is -2.84. The first kappa shape index (κ1) is 21.9. The van der Waals surface area contributed by atoms with Crippen LogP contribution in [-0.2, 0) is 16.2 Å². The lowest BCUT2D eigenvalue weighted by molar-refractivity contribution is -0.144. The summed E-state index contributed by atoms with van der Waals surface area (Å²) in [6.07, 6.45) is 1.67. The molecule has 0 aromatic heterocycles. The predicted molar refractivity (Wildman–Crippen MR) is 121 cm³/mol. The molecule has 0 aliphatic carbocycles. The number of rotatable bonds is 7. The topological polar surface area (TPSA) is 76.1 Å². The fourth-order valence-corrected chi connectivity index (χ4v) is 4.23. The highest BCUT2D eigenvalue weighted by atomic mass is 32.2. The Morgan fingerprint density at radius 3 is 2.57 bits per heavy atom. The summed E-state index contributed by atoms with van der Waals surface area (Å²) in [4.78, 5) is 25.3. The Balaban J connectivity index is 1.77. The van der Waals surface area contributed by atoms with E-state index in [2.05, 4.69) is 0 Å². The molecule has 0 unspecified atom stereocenters. The standard InChI is InChI=1S/C22H21NO5S2/c1-13-4-6-15(7-5-13)12-28-17-9-8-16(10-18(17)27-3)11-19-20(24)23(22(29)30-19)14(2)21(25)26/h4-11,14H,12H2,1-3H3,(H,25,26)/b19-11-/t14-/m0/s1. The molecule has 6 nitrogen and oxygen atoms in total. The molecule has 1 atom stereocenters. The maximum Gasteiger partial charge on any atom is 0.326 e. The summed E-state index contributed by atoms with van der Waals surface area (Å²) in [5.41, 5.74) is 2.95. The van der Waals surface area contributed by atoms with Gasteiger partial charge in [0, 0.05) is 0 Å². The van der Waals surface area contributed by atoms with Crippen LogP contribution in [0.4, 0.5) is 0 Å². The van der Waals surface area contributed by atoms with Gasteiger partial charge in [-0.15, -0.1) is 0 Å². The Kier molecular flexibility index (Phi) is 6.79. The average Bonchev–Trinajstić information content (AvgIpc) is 3.00. The second-order valence-electron chi connectivity index (χ2n) is 6.75. The summed E-state index contributed by atoms with van der Waals surface area (Å²) >= 11 is 6.27. The van der Waals surface area contributed by atoms with Crippen molar-refractivity contribution in [3.8, 4) is 11.5 Å². The Bertz CT molecular complexity index is 1020. The highest BCUT2D eigenvalue weighted by Crippen LogP contribution is 2.36. The van der Waals surface area contributed by atoms with Crippen molar-refractivity contribution >= 4 is 46.3 Å². The number of carboxylic acid groups (broad SMARTS) is 1. The second-order valence-corrected chi connectivity index (χ2v) is 8.43. The Morgan fingerprint density at radius 1 is 1.23 bits per heavy atom. The van der Waals surface area contributed by atoms with Crippen LogP contribution in [0.25, 0.3) is 6.08 Å². The second kappa shape index (κ2) is 9.32. The lowest BCUT2D eigenvalue weighted by atomic mass is 10.1. The molecule has 30 heavy (non-hydrogen) atoms. The number of carbonyl (C=O) groups excluding carboxylic acids is 1. The third-order valence-corrected chi connectivity index (χ3v) is 5.90. The van der Waals surface area contributed by atoms with Crippen LogP contribution in [-0.4, -0.2) is 39.4 Å². The van der Waals surface area contributed by atoms with Gasteiger partial charge in [0.1, 0.15) is 17.0 Å². The van der Waals surface area contributed by atoms with Crippen LogP contribution in [0.15, 0.2) is 47.4 Å². The van der Waals surface area contributed by atoms with E-state index < -0.39 is 17.9 Å². The van der Waals surface area contributed by atoms with E-state index in [-0.39, 0.29) is 4.32 Å². The summed E-state index contributed by atoms with van der Waals surface area (Å²) in [5, 5.41) is 9.19. The zero-order valence-corrected chi connectivity index (χ0v) is 18.4. The van der Waals surface area contributed by atoms with Crippen molar-refractivity contribution in [1.82, 2.24) is 4.90 Å². The van der Waals surface area contributed by atoms with E-state index in [4.69, 9.17) is 21.7 Å². The molecule has 1 aliphatic rings. The van der Waals surface area contributed by atoms with Crippen LogP contribution in [0, 0.1) is 6.92 Å². The summed E-state index contributed by atoms with van der Waals surface area (Å²) in [5.74, 6) is -0.407. The molecule has 0 radical (unpaired) electrons. The maximum absolute atomic E-state index is 12.6. The zero-order chi connectivity index (χ0) is 21.8. The number of thiocarbonyl (C=S) groups is 1. The van der Waals surface area contributed by atoms with Crippen LogP contribution >= 0.6 is 24.0 Å². The van der Waals surface area contributed by atoms with Gasteiger partial charge >= 0.3 is 5.97 Å². The minimum atomic E-state index is -1.11. The molecule has 1 aliphatic heterocycles. The van der Waals surface area contributed by atoms with Crippen molar-refractivity contribution in [2.75, 3.05) is 7.11 Å². The molecule has 0 saturated carbocycles. The molecule has 2 aromatic rings. The van der Waals surface area contributed by atoms with Gasteiger partial charge in [0.05, 0.1) is 12.0 Å². The van der Waals surface area contributed by atoms with Crippen LogP contribution in [0.1, 0.15) is 23.6 Å². The van der Waals surface area contributed by atoms with Gasteiger partial charge in [-0.3, -0.25) is 9.69 Å². The van der Waals surface area contributed by atoms with Crippen LogP contribution in [0.3, 0.4) is 0 Å². The fourth-order valence-electron chi connectivity index (χ4n) is 2.81. The van der Waals surface area contributed by atoms with Crippen molar-refractivity contribution in [3.05, 3.63) is 64.1 Å². The molecular weight excluding hydrogens is 422 g/mol. The number of methoxy groups -OCH3 is 1. The number of benzene rings is 2. The molecule has 1 saturated heterocycles. The minimum absolute atomic E-state index is 0.228. The highest BCUT2D eigenvalue weighted by molar-refractivity contribution is 8.26. The van der Waals surface area contributed by atoms with Gasteiger partial charge in [0.25, 0.3) is 5.91 Å². The van der Waals surface area contributed by atoms with Gasteiger partial charge < -0.3 is 14.6 Å². The van der Waals surface area contributed by atoms with Gasteiger partial charge in [-0.25, -0.2) is 4.79 Å². The van der Waals surface area contributed by atoms with Gasteiger partial charge in [-0.1, -0.05) is 59.9 Å². The van der Waals surface area contributed by atoms with Crippen LogP contribution in [0.5, 0.6) is 11.5 Å². The molecule has 0 bridgehead atoms. The number of hydrogen-bond donors (Lipinski definition) is 1. The highest BCUT2D eigenvalue weighted by Gasteiger charge is 2.38. The van der Waals surface area contributed by atoms with E-state index in [1.54, 1.807) is 31.4 Å². The summed E-state index contributed by atoms with van der Waals surface area (Å²) < 4.78 is 11.5. The molecule has 156 valence electrons. The number of thioether (sulfide) groups is 1.